The third-order valence-corrected chi connectivity index (χ3v) is 3.51. The van der Waals surface area contributed by atoms with Crippen molar-refractivity contribution in [2.45, 2.75) is 12.3 Å². The number of hydrogen-bond donors (Lipinski definition) is 0. The van der Waals surface area contributed by atoms with E-state index in [2.05, 4.69) is 32.2 Å². The number of halogens is 2. The zero-order valence-corrected chi connectivity index (χ0v) is 12.4. The maximum Gasteiger partial charge on any atom is 0.247 e. The zero-order valence-electron chi connectivity index (χ0n) is 10.1. The van der Waals surface area contributed by atoms with Crippen molar-refractivity contribution in [2.24, 2.45) is 0 Å². The van der Waals surface area contributed by atoms with Crippen molar-refractivity contribution in [1.82, 2.24) is 10.2 Å². The highest BCUT2D eigenvalue weighted by molar-refractivity contribution is 9.10. The van der Waals surface area contributed by atoms with Crippen molar-refractivity contribution in [3.63, 3.8) is 0 Å². The molecule has 0 aliphatic heterocycles. The average Bonchev–Trinajstić information content (AvgIpc) is 2.88. The first-order valence-electron chi connectivity index (χ1n) is 5.80. The van der Waals surface area contributed by atoms with Gasteiger partial charge in [-0.3, -0.25) is 0 Å². The first-order chi connectivity index (χ1) is 9.13. The predicted molar refractivity (Wildman–Crippen MR) is 79.2 cm³/mol. The van der Waals surface area contributed by atoms with Gasteiger partial charge in [-0.15, -0.1) is 21.8 Å². The minimum atomic E-state index is -0.280. The third-order valence-electron chi connectivity index (χ3n) is 2.83. The van der Waals surface area contributed by atoms with E-state index in [1.54, 1.807) is 6.92 Å². The molecule has 1 heterocycles. The van der Waals surface area contributed by atoms with Crippen molar-refractivity contribution in [3.05, 3.63) is 46.8 Å². The smallest absolute Gasteiger partial charge is 0.247 e. The Kier molecular flexibility index (Phi) is 3.29. The summed E-state index contributed by atoms with van der Waals surface area (Å²) in [6.07, 6.45) is 0. The highest BCUT2D eigenvalue weighted by Crippen LogP contribution is 2.27. The number of alkyl halides is 1. The van der Waals surface area contributed by atoms with E-state index in [4.69, 9.17) is 16.0 Å². The Balaban J connectivity index is 2.07. The average molecular weight is 338 g/mol. The molecule has 0 fully saturated rings. The van der Waals surface area contributed by atoms with Gasteiger partial charge >= 0.3 is 0 Å². The lowest BCUT2D eigenvalue weighted by Crippen LogP contribution is -1.81. The second-order valence-electron chi connectivity index (χ2n) is 4.27. The summed E-state index contributed by atoms with van der Waals surface area (Å²) in [5, 5.41) is 9.95. The number of nitrogens with zero attached hydrogens (tertiary/aromatic N) is 2. The Hall–Kier alpha value is -1.39. The van der Waals surface area contributed by atoms with Gasteiger partial charge in [0, 0.05) is 10.0 Å². The van der Waals surface area contributed by atoms with Crippen LogP contribution in [0.15, 0.2) is 45.3 Å². The summed E-state index contributed by atoms with van der Waals surface area (Å²) in [5.74, 6) is 0.930. The van der Waals surface area contributed by atoms with E-state index < -0.39 is 0 Å². The Morgan fingerprint density at radius 3 is 2.58 bits per heavy atom. The van der Waals surface area contributed by atoms with Crippen LogP contribution in [0, 0.1) is 0 Å². The fourth-order valence-electron chi connectivity index (χ4n) is 1.86. The summed E-state index contributed by atoms with van der Waals surface area (Å²) in [6, 6.07) is 12.1. The van der Waals surface area contributed by atoms with E-state index in [0.29, 0.717) is 11.8 Å². The molecule has 0 saturated carbocycles. The standard InChI is InChI=1S/C14H10BrClN2O/c1-8(16)13-17-18-14(19-13)11-3-2-10-7-12(15)5-4-9(10)6-11/h2-8H,1H3. The lowest BCUT2D eigenvalue weighted by Gasteiger charge is -2.01. The molecule has 19 heavy (non-hydrogen) atoms. The van der Waals surface area contributed by atoms with Crippen LogP contribution >= 0.6 is 27.5 Å². The van der Waals surface area contributed by atoms with Crippen molar-refractivity contribution in [1.29, 1.82) is 0 Å². The summed E-state index contributed by atoms with van der Waals surface area (Å²) >= 11 is 9.37. The van der Waals surface area contributed by atoms with Crippen LogP contribution in [0.3, 0.4) is 0 Å². The van der Waals surface area contributed by atoms with Gasteiger partial charge in [0.25, 0.3) is 0 Å². The third kappa shape index (κ3) is 2.51. The Morgan fingerprint density at radius 2 is 1.84 bits per heavy atom. The predicted octanol–water partition coefficient (Wildman–Crippen LogP) is 4.95. The fraction of sp³-hybridized carbons (Fsp3) is 0.143. The molecule has 3 aromatic rings. The van der Waals surface area contributed by atoms with Crippen molar-refractivity contribution in [2.75, 3.05) is 0 Å². The Labute approximate surface area is 123 Å². The number of hydrogen-bond acceptors (Lipinski definition) is 3. The molecule has 0 radical (unpaired) electrons. The van der Waals surface area contributed by atoms with Crippen LogP contribution in [0.5, 0.6) is 0 Å². The van der Waals surface area contributed by atoms with Gasteiger partial charge in [0.2, 0.25) is 11.8 Å². The molecule has 5 heteroatoms. The van der Waals surface area contributed by atoms with E-state index in [0.717, 1.165) is 20.8 Å². The summed E-state index contributed by atoms with van der Waals surface area (Å²) in [7, 11) is 0. The van der Waals surface area contributed by atoms with Crippen molar-refractivity contribution < 1.29 is 4.42 Å². The van der Waals surface area contributed by atoms with Gasteiger partial charge < -0.3 is 4.42 Å². The molecule has 0 saturated heterocycles. The van der Waals surface area contributed by atoms with E-state index >= 15 is 0 Å². The van der Waals surface area contributed by atoms with E-state index in [-0.39, 0.29) is 5.38 Å². The number of benzene rings is 2. The van der Waals surface area contributed by atoms with Crippen LogP contribution < -0.4 is 0 Å². The van der Waals surface area contributed by atoms with Crippen LogP contribution in [0.4, 0.5) is 0 Å². The van der Waals surface area contributed by atoms with E-state index in [1.807, 2.05) is 30.3 Å². The molecular formula is C14H10BrClN2O. The second-order valence-corrected chi connectivity index (χ2v) is 5.84. The fourth-order valence-corrected chi connectivity index (χ4v) is 2.33. The minimum absolute atomic E-state index is 0.280. The molecule has 96 valence electrons. The van der Waals surface area contributed by atoms with Crippen LogP contribution in [0.1, 0.15) is 18.2 Å². The van der Waals surface area contributed by atoms with Gasteiger partial charge in [0.1, 0.15) is 5.38 Å². The molecule has 1 unspecified atom stereocenters. The molecule has 0 spiro atoms. The first kappa shape index (κ1) is 12.6. The number of fused-ring (bicyclic) bond motifs is 1. The molecule has 3 rings (SSSR count). The summed E-state index contributed by atoms with van der Waals surface area (Å²) in [6.45, 7) is 1.80. The molecule has 0 aliphatic rings. The van der Waals surface area contributed by atoms with Gasteiger partial charge in [-0.1, -0.05) is 28.1 Å². The van der Waals surface area contributed by atoms with Gasteiger partial charge in [-0.2, -0.15) is 0 Å². The summed E-state index contributed by atoms with van der Waals surface area (Å²) in [5.41, 5.74) is 0.894. The zero-order chi connectivity index (χ0) is 13.4. The molecular weight excluding hydrogens is 328 g/mol. The maximum atomic E-state index is 5.91. The largest absolute Gasteiger partial charge is 0.419 e. The highest BCUT2D eigenvalue weighted by Gasteiger charge is 2.12. The van der Waals surface area contributed by atoms with Crippen molar-refractivity contribution in [3.8, 4) is 11.5 Å². The van der Waals surface area contributed by atoms with E-state index in [9.17, 15) is 0 Å². The molecule has 2 aromatic carbocycles. The quantitative estimate of drug-likeness (QED) is 0.621. The SMILES string of the molecule is CC(Cl)c1nnc(-c2ccc3cc(Br)ccc3c2)o1. The van der Waals surface area contributed by atoms with Gasteiger partial charge in [0.05, 0.1) is 0 Å². The van der Waals surface area contributed by atoms with Crippen LogP contribution in [-0.2, 0) is 0 Å². The summed E-state index contributed by atoms with van der Waals surface area (Å²) < 4.78 is 6.60. The number of rotatable bonds is 2. The highest BCUT2D eigenvalue weighted by atomic mass is 79.9. The van der Waals surface area contributed by atoms with Crippen LogP contribution in [0.2, 0.25) is 0 Å². The summed E-state index contributed by atoms with van der Waals surface area (Å²) in [4.78, 5) is 0. The van der Waals surface area contributed by atoms with Gasteiger partial charge in [0.15, 0.2) is 0 Å². The van der Waals surface area contributed by atoms with Crippen molar-refractivity contribution >= 4 is 38.3 Å². The van der Waals surface area contributed by atoms with E-state index in [1.165, 1.54) is 0 Å². The number of aromatic nitrogens is 2. The Morgan fingerprint density at radius 1 is 1.11 bits per heavy atom. The molecule has 0 amide bonds. The van der Waals surface area contributed by atoms with Crippen LogP contribution in [-0.4, -0.2) is 10.2 Å². The molecule has 3 nitrogen and oxygen atoms in total. The lowest BCUT2D eigenvalue weighted by molar-refractivity contribution is 0.507. The topological polar surface area (TPSA) is 38.9 Å². The van der Waals surface area contributed by atoms with Gasteiger partial charge in [-0.05, 0) is 42.0 Å². The second kappa shape index (κ2) is 4.94. The monoisotopic (exact) mass is 336 g/mol. The first-order valence-corrected chi connectivity index (χ1v) is 7.03. The molecule has 1 atom stereocenters. The minimum Gasteiger partial charge on any atom is -0.419 e. The Bertz CT molecular complexity index is 739. The molecule has 0 N–H and O–H groups in total. The molecule has 0 bridgehead atoms. The molecule has 0 aliphatic carbocycles. The van der Waals surface area contributed by atoms with Gasteiger partial charge in [-0.25, -0.2) is 0 Å². The maximum absolute atomic E-state index is 5.91. The normalized spacial score (nSPS) is 12.8. The lowest BCUT2D eigenvalue weighted by atomic mass is 10.1. The van der Waals surface area contributed by atoms with Crippen LogP contribution in [0.25, 0.3) is 22.2 Å². The molecule has 1 aromatic heterocycles.